The standard InChI is InChI=1S/C15H18N2O3S/c1-3-20-13-7-9-14(10-8-13)21(18,19)17-12(2)15-6-4-5-11-16-15/h4-12,17H,3H2,1-2H3. The number of hydrogen-bond acceptors (Lipinski definition) is 4. The Morgan fingerprint density at radius 2 is 1.90 bits per heavy atom. The molecule has 0 aliphatic rings. The van der Waals surface area contributed by atoms with Crippen LogP contribution in [0.3, 0.4) is 0 Å². The zero-order valence-electron chi connectivity index (χ0n) is 12.0. The molecule has 2 rings (SSSR count). The van der Waals surface area contributed by atoms with Crippen LogP contribution < -0.4 is 9.46 Å². The maximum Gasteiger partial charge on any atom is 0.241 e. The molecule has 1 N–H and O–H groups in total. The van der Waals surface area contributed by atoms with E-state index in [0.29, 0.717) is 18.1 Å². The van der Waals surface area contributed by atoms with Crippen molar-refractivity contribution in [2.75, 3.05) is 6.61 Å². The van der Waals surface area contributed by atoms with Crippen LogP contribution in [0.25, 0.3) is 0 Å². The summed E-state index contributed by atoms with van der Waals surface area (Å²) in [6.45, 7) is 4.18. The molecular weight excluding hydrogens is 288 g/mol. The first-order chi connectivity index (χ1) is 10.0. The van der Waals surface area contributed by atoms with E-state index in [1.807, 2.05) is 13.0 Å². The first-order valence-electron chi connectivity index (χ1n) is 6.69. The molecule has 21 heavy (non-hydrogen) atoms. The van der Waals surface area contributed by atoms with Gasteiger partial charge in [0.2, 0.25) is 10.0 Å². The normalized spacial score (nSPS) is 12.9. The smallest absolute Gasteiger partial charge is 0.241 e. The van der Waals surface area contributed by atoms with Gasteiger partial charge in [-0.3, -0.25) is 4.98 Å². The maximum atomic E-state index is 12.3. The van der Waals surface area contributed by atoms with E-state index in [0.717, 1.165) is 0 Å². The Bertz CT molecular complexity index is 670. The highest BCUT2D eigenvalue weighted by atomic mass is 32.2. The molecule has 1 heterocycles. The highest BCUT2D eigenvalue weighted by molar-refractivity contribution is 7.89. The summed E-state index contributed by atoms with van der Waals surface area (Å²) in [7, 11) is -3.58. The van der Waals surface area contributed by atoms with Crippen LogP contribution in [0.5, 0.6) is 5.75 Å². The molecule has 112 valence electrons. The maximum absolute atomic E-state index is 12.3. The quantitative estimate of drug-likeness (QED) is 0.890. The highest BCUT2D eigenvalue weighted by Crippen LogP contribution is 2.18. The average molecular weight is 306 g/mol. The summed E-state index contributed by atoms with van der Waals surface area (Å²) < 4.78 is 32.5. The zero-order valence-corrected chi connectivity index (χ0v) is 12.8. The van der Waals surface area contributed by atoms with Crippen LogP contribution in [0.15, 0.2) is 53.6 Å². The molecule has 0 aliphatic carbocycles. The second-order valence-corrected chi connectivity index (χ2v) is 6.22. The van der Waals surface area contributed by atoms with Gasteiger partial charge in [-0.2, -0.15) is 0 Å². The van der Waals surface area contributed by atoms with Crippen LogP contribution >= 0.6 is 0 Å². The minimum Gasteiger partial charge on any atom is -0.494 e. The van der Waals surface area contributed by atoms with Crippen molar-refractivity contribution in [1.29, 1.82) is 0 Å². The minimum atomic E-state index is -3.58. The van der Waals surface area contributed by atoms with Gasteiger partial charge in [-0.05, 0) is 50.2 Å². The zero-order chi connectivity index (χ0) is 15.3. The number of rotatable bonds is 6. The number of nitrogens with one attached hydrogen (secondary N) is 1. The Hall–Kier alpha value is -1.92. The molecule has 6 heteroatoms. The number of sulfonamides is 1. The average Bonchev–Trinajstić information content (AvgIpc) is 2.48. The van der Waals surface area contributed by atoms with Crippen molar-refractivity contribution in [1.82, 2.24) is 9.71 Å². The van der Waals surface area contributed by atoms with E-state index in [4.69, 9.17) is 4.74 Å². The fourth-order valence-electron chi connectivity index (χ4n) is 1.87. The van der Waals surface area contributed by atoms with Gasteiger partial charge in [-0.15, -0.1) is 0 Å². The number of aromatic nitrogens is 1. The van der Waals surface area contributed by atoms with E-state index in [1.54, 1.807) is 37.4 Å². The molecule has 0 spiro atoms. The first-order valence-corrected chi connectivity index (χ1v) is 8.17. The summed E-state index contributed by atoms with van der Waals surface area (Å²) in [6.07, 6.45) is 1.64. The second kappa shape index (κ2) is 6.69. The van der Waals surface area contributed by atoms with Crippen molar-refractivity contribution in [2.24, 2.45) is 0 Å². The van der Waals surface area contributed by atoms with Gasteiger partial charge in [-0.25, -0.2) is 13.1 Å². The molecule has 0 fully saturated rings. The molecular formula is C15H18N2O3S. The van der Waals surface area contributed by atoms with Crippen LogP contribution in [0.4, 0.5) is 0 Å². The van der Waals surface area contributed by atoms with E-state index in [2.05, 4.69) is 9.71 Å². The van der Waals surface area contributed by atoms with E-state index in [9.17, 15) is 8.42 Å². The summed E-state index contributed by atoms with van der Waals surface area (Å²) in [4.78, 5) is 4.35. The number of benzene rings is 1. The number of hydrogen-bond donors (Lipinski definition) is 1. The first kappa shape index (κ1) is 15.5. The van der Waals surface area contributed by atoms with Crippen LogP contribution in [0, 0.1) is 0 Å². The lowest BCUT2D eigenvalue weighted by molar-refractivity contribution is 0.340. The van der Waals surface area contributed by atoms with E-state index in [-0.39, 0.29) is 4.90 Å². The summed E-state index contributed by atoms with van der Waals surface area (Å²) >= 11 is 0. The van der Waals surface area contributed by atoms with Gasteiger partial charge in [-0.1, -0.05) is 6.07 Å². The predicted molar refractivity (Wildman–Crippen MR) is 80.6 cm³/mol. The molecule has 0 amide bonds. The summed E-state index contributed by atoms with van der Waals surface area (Å²) in [6, 6.07) is 11.3. The van der Waals surface area contributed by atoms with E-state index < -0.39 is 16.1 Å². The van der Waals surface area contributed by atoms with Crippen LogP contribution in [-0.2, 0) is 10.0 Å². The molecule has 1 aromatic heterocycles. The van der Waals surface area contributed by atoms with Gasteiger partial charge < -0.3 is 4.74 Å². The van der Waals surface area contributed by atoms with Crippen molar-refractivity contribution in [2.45, 2.75) is 24.8 Å². The van der Waals surface area contributed by atoms with Gasteiger partial charge in [0.25, 0.3) is 0 Å². The molecule has 0 saturated heterocycles. The number of pyridine rings is 1. The lowest BCUT2D eigenvalue weighted by Crippen LogP contribution is -2.27. The van der Waals surface area contributed by atoms with Crippen LogP contribution in [0.1, 0.15) is 25.6 Å². The molecule has 0 saturated carbocycles. The van der Waals surface area contributed by atoms with Crippen molar-refractivity contribution < 1.29 is 13.2 Å². The second-order valence-electron chi connectivity index (χ2n) is 4.50. The summed E-state index contributed by atoms with van der Waals surface area (Å²) in [5.41, 5.74) is 0.673. The summed E-state index contributed by atoms with van der Waals surface area (Å²) in [5, 5.41) is 0. The lowest BCUT2D eigenvalue weighted by Gasteiger charge is -2.14. The fourth-order valence-corrected chi connectivity index (χ4v) is 3.09. The third-order valence-corrected chi connectivity index (χ3v) is 4.47. The Morgan fingerprint density at radius 3 is 2.48 bits per heavy atom. The van der Waals surface area contributed by atoms with Gasteiger partial charge in [0, 0.05) is 6.20 Å². The predicted octanol–water partition coefficient (Wildman–Crippen LogP) is 2.52. The van der Waals surface area contributed by atoms with Gasteiger partial charge in [0.15, 0.2) is 0 Å². The third-order valence-electron chi connectivity index (χ3n) is 2.91. The minimum absolute atomic E-state index is 0.203. The number of nitrogens with zero attached hydrogens (tertiary/aromatic N) is 1. The summed E-state index contributed by atoms with van der Waals surface area (Å²) in [5.74, 6) is 0.647. The molecule has 0 bridgehead atoms. The Morgan fingerprint density at radius 1 is 1.19 bits per heavy atom. The third kappa shape index (κ3) is 4.03. The Kier molecular flexibility index (Phi) is 4.93. The molecule has 1 unspecified atom stereocenters. The topological polar surface area (TPSA) is 68.3 Å². The largest absolute Gasteiger partial charge is 0.494 e. The highest BCUT2D eigenvalue weighted by Gasteiger charge is 2.18. The Labute approximate surface area is 125 Å². The molecule has 0 aliphatic heterocycles. The van der Waals surface area contributed by atoms with Gasteiger partial charge in [0.05, 0.1) is 23.2 Å². The van der Waals surface area contributed by atoms with E-state index in [1.165, 1.54) is 12.1 Å². The van der Waals surface area contributed by atoms with Crippen LogP contribution in [-0.4, -0.2) is 20.0 Å². The van der Waals surface area contributed by atoms with Gasteiger partial charge >= 0.3 is 0 Å². The van der Waals surface area contributed by atoms with Crippen molar-refractivity contribution in [3.8, 4) is 5.75 Å². The molecule has 1 atom stereocenters. The van der Waals surface area contributed by atoms with Crippen molar-refractivity contribution in [3.05, 3.63) is 54.4 Å². The van der Waals surface area contributed by atoms with Crippen molar-refractivity contribution in [3.63, 3.8) is 0 Å². The Balaban J connectivity index is 2.14. The lowest BCUT2D eigenvalue weighted by atomic mass is 10.2. The van der Waals surface area contributed by atoms with Crippen molar-refractivity contribution >= 4 is 10.0 Å². The van der Waals surface area contributed by atoms with E-state index >= 15 is 0 Å². The van der Waals surface area contributed by atoms with Crippen LogP contribution in [0.2, 0.25) is 0 Å². The molecule has 5 nitrogen and oxygen atoms in total. The SMILES string of the molecule is CCOc1ccc(S(=O)(=O)NC(C)c2ccccn2)cc1. The monoisotopic (exact) mass is 306 g/mol. The number of ether oxygens (including phenoxy) is 1. The fraction of sp³-hybridized carbons (Fsp3) is 0.267. The van der Waals surface area contributed by atoms with Gasteiger partial charge in [0.1, 0.15) is 5.75 Å². The molecule has 2 aromatic rings. The molecule has 1 aromatic carbocycles. The molecule has 0 radical (unpaired) electrons.